The molecule has 0 saturated carbocycles. The SMILES string of the molecule is CCOc1cc(NC(C)c2ccc(CC)cc2)ncn1. The van der Waals surface area contributed by atoms with Crippen LogP contribution in [0, 0.1) is 0 Å². The minimum atomic E-state index is 0.185. The average Bonchev–Trinajstić information content (AvgIpc) is 2.48. The lowest BCUT2D eigenvalue weighted by atomic mass is 10.1. The molecule has 0 radical (unpaired) electrons. The van der Waals surface area contributed by atoms with Gasteiger partial charge in [0.15, 0.2) is 0 Å². The van der Waals surface area contributed by atoms with Gasteiger partial charge in [-0.1, -0.05) is 31.2 Å². The predicted molar refractivity (Wildman–Crippen MR) is 81.1 cm³/mol. The summed E-state index contributed by atoms with van der Waals surface area (Å²) < 4.78 is 5.37. The van der Waals surface area contributed by atoms with Gasteiger partial charge in [-0.15, -0.1) is 0 Å². The maximum Gasteiger partial charge on any atom is 0.218 e. The number of benzene rings is 1. The molecule has 0 bridgehead atoms. The Hall–Kier alpha value is -2.10. The molecular weight excluding hydrogens is 250 g/mol. The van der Waals surface area contributed by atoms with Crippen molar-refractivity contribution >= 4 is 5.82 Å². The predicted octanol–water partition coefficient (Wildman–Crippen LogP) is 3.61. The lowest BCUT2D eigenvalue weighted by Crippen LogP contribution is -2.08. The molecule has 1 heterocycles. The number of hydrogen-bond donors (Lipinski definition) is 1. The minimum Gasteiger partial charge on any atom is -0.478 e. The van der Waals surface area contributed by atoms with E-state index in [1.54, 1.807) is 0 Å². The van der Waals surface area contributed by atoms with Crippen molar-refractivity contribution in [3.8, 4) is 5.88 Å². The van der Waals surface area contributed by atoms with Gasteiger partial charge in [0.1, 0.15) is 12.1 Å². The third kappa shape index (κ3) is 3.70. The fourth-order valence-electron chi connectivity index (χ4n) is 1.99. The number of nitrogens with zero attached hydrogens (tertiary/aromatic N) is 2. The molecule has 2 aromatic rings. The Morgan fingerprint density at radius 2 is 1.90 bits per heavy atom. The van der Waals surface area contributed by atoms with Crippen molar-refractivity contribution in [3.05, 3.63) is 47.8 Å². The van der Waals surface area contributed by atoms with Crippen molar-refractivity contribution in [1.82, 2.24) is 9.97 Å². The molecule has 4 nitrogen and oxygen atoms in total. The Labute approximate surface area is 120 Å². The van der Waals surface area contributed by atoms with E-state index in [4.69, 9.17) is 4.74 Å². The summed E-state index contributed by atoms with van der Waals surface area (Å²) in [5.74, 6) is 1.37. The molecule has 1 aromatic carbocycles. The minimum absolute atomic E-state index is 0.185. The molecule has 0 aliphatic carbocycles. The van der Waals surface area contributed by atoms with Crippen molar-refractivity contribution in [2.45, 2.75) is 33.2 Å². The molecule has 0 fully saturated rings. The molecule has 0 spiro atoms. The average molecular weight is 271 g/mol. The van der Waals surface area contributed by atoms with Gasteiger partial charge >= 0.3 is 0 Å². The summed E-state index contributed by atoms with van der Waals surface area (Å²) in [5.41, 5.74) is 2.58. The molecule has 20 heavy (non-hydrogen) atoms. The molecule has 1 N–H and O–H groups in total. The van der Waals surface area contributed by atoms with Gasteiger partial charge in [0, 0.05) is 12.1 Å². The van der Waals surface area contributed by atoms with E-state index in [2.05, 4.69) is 53.4 Å². The zero-order valence-electron chi connectivity index (χ0n) is 12.3. The van der Waals surface area contributed by atoms with Crippen LogP contribution in [0.5, 0.6) is 5.88 Å². The van der Waals surface area contributed by atoms with E-state index in [0.717, 1.165) is 12.2 Å². The van der Waals surface area contributed by atoms with Crippen LogP contribution in [0.3, 0.4) is 0 Å². The summed E-state index contributed by atoms with van der Waals surface area (Å²) in [4.78, 5) is 8.28. The molecule has 0 amide bonds. The molecule has 4 heteroatoms. The standard InChI is InChI=1S/C16H21N3O/c1-4-13-6-8-14(9-7-13)12(3)19-15-10-16(20-5-2)18-11-17-15/h6-12H,4-5H2,1-3H3,(H,17,18,19). The smallest absolute Gasteiger partial charge is 0.218 e. The molecule has 0 aliphatic heterocycles. The van der Waals surface area contributed by atoms with Crippen molar-refractivity contribution in [2.24, 2.45) is 0 Å². The number of rotatable bonds is 6. The van der Waals surface area contributed by atoms with Crippen molar-refractivity contribution in [2.75, 3.05) is 11.9 Å². The Morgan fingerprint density at radius 3 is 2.55 bits per heavy atom. The van der Waals surface area contributed by atoms with Gasteiger partial charge in [0.25, 0.3) is 0 Å². The summed E-state index contributed by atoms with van der Waals surface area (Å²) in [5, 5.41) is 3.36. The summed E-state index contributed by atoms with van der Waals surface area (Å²) in [6.07, 6.45) is 2.58. The molecule has 1 unspecified atom stereocenters. The molecule has 0 saturated heterocycles. The maximum atomic E-state index is 5.37. The second kappa shape index (κ2) is 6.89. The van der Waals surface area contributed by atoms with Gasteiger partial charge in [-0.3, -0.25) is 0 Å². The van der Waals surface area contributed by atoms with Crippen LogP contribution in [0.25, 0.3) is 0 Å². The van der Waals surface area contributed by atoms with E-state index >= 15 is 0 Å². The molecule has 1 atom stereocenters. The highest BCUT2D eigenvalue weighted by atomic mass is 16.5. The Bertz CT molecular complexity index is 540. The first-order chi connectivity index (χ1) is 9.72. The first kappa shape index (κ1) is 14.3. The van der Waals surface area contributed by atoms with Gasteiger partial charge in [-0.05, 0) is 31.4 Å². The first-order valence-corrected chi connectivity index (χ1v) is 7.03. The van der Waals surface area contributed by atoms with Crippen LogP contribution in [0.15, 0.2) is 36.7 Å². The summed E-state index contributed by atoms with van der Waals surface area (Å²) in [7, 11) is 0. The van der Waals surface area contributed by atoms with E-state index in [0.29, 0.717) is 12.5 Å². The Morgan fingerprint density at radius 1 is 1.15 bits per heavy atom. The second-order valence-corrected chi connectivity index (χ2v) is 4.64. The van der Waals surface area contributed by atoms with Crippen LogP contribution >= 0.6 is 0 Å². The van der Waals surface area contributed by atoms with Gasteiger partial charge in [-0.2, -0.15) is 0 Å². The number of ether oxygens (including phenoxy) is 1. The van der Waals surface area contributed by atoms with Gasteiger partial charge in [-0.25, -0.2) is 9.97 Å². The fraction of sp³-hybridized carbons (Fsp3) is 0.375. The van der Waals surface area contributed by atoms with Gasteiger partial charge in [0.05, 0.1) is 6.61 Å². The monoisotopic (exact) mass is 271 g/mol. The number of aryl methyl sites for hydroxylation is 1. The highest BCUT2D eigenvalue weighted by Gasteiger charge is 2.07. The highest BCUT2D eigenvalue weighted by molar-refractivity contribution is 5.40. The van der Waals surface area contributed by atoms with Crippen molar-refractivity contribution in [1.29, 1.82) is 0 Å². The quantitative estimate of drug-likeness (QED) is 0.872. The number of anilines is 1. The molecule has 1 aromatic heterocycles. The Kier molecular flexibility index (Phi) is 4.93. The second-order valence-electron chi connectivity index (χ2n) is 4.64. The largest absolute Gasteiger partial charge is 0.478 e. The maximum absolute atomic E-state index is 5.37. The lowest BCUT2D eigenvalue weighted by Gasteiger charge is -2.15. The lowest BCUT2D eigenvalue weighted by molar-refractivity contribution is 0.326. The highest BCUT2D eigenvalue weighted by Crippen LogP contribution is 2.20. The summed E-state index contributed by atoms with van der Waals surface area (Å²) in [6.45, 7) is 6.81. The Balaban J connectivity index is 2.06. The molecular formula is C16H21N3O. The van der Waals surface area contributed by atoms with Crippen LogP contribution in [-0.4, -0.2) is 16.6 Å². The summed E-state index contributed by atoms with van der Waals surface area (Å²) in [6, 6.07) is 10.6. The van der Waals surface area contributed by atoms with Crippen LogP contribution in [0.1, 0.15) is 37.9 Å². The number of aromatic nitrogens is 2. The van der Waals surface area contributed by atoms with Crippen LogP contribution < -0.4 is 10.1 Å². The first-order valence-electron chi connectivity index (χ1n) is 7.03. The van der Waals surface area contributed by atoms with E-state index in [1.165, 1.54) is 17.5 Å². The van der Waals surface area contributed by atoms with Crippen LogP contribution in [0.2, 0.25) is 0 Å². The van der Waals surface area contributed by atoms with E-state index in [1.807, 2.05) is 13.0 Å². The molecule has 2 rings (SSSR count). The third-order valence-corrected chi connectivity index (χ3v) is 3.19. The van der Waals surface area contributed by atoms with Gasteiger partial charge in [0.2, 0.25) is 5.88 Å². The van der Waals surface area contributed by atoms with E-state index in [-0.39, 0.29) is 6.04 Å². The van der Waals surface area contributed by atoms with E-state index in [9.17, 15) is 0 Å². The van der Waals surface area contributed by atoms with Crippen LogP contribution in [-0.2, 0) is 6.42 Å². The van der Waals surface area contributed by atoms with E-state index < -0.39 is 0 Å². The zero-order chi connectivity index (χ0) is 14.4. The number of nitrogens with one attached hydrogen (secondary N) is 1. The number of hydrogen-bond acceptors (Lipinski definition) is 4. The molecule has 106 valence electrons. The summed E-state index contributed by atoms with van der Waals surface area (Å²) >= 11 is 0. The van der Waals surface area contributed by atoms with Gasteiger partial charge < -0.3 is 10.1 Å². The normalized spacial score (nSPS) is 11.9. The van der Waals surface area contributed by atoms with Crippen molar-refractivity contribution < 1.29 is 4.74 Å². The topological polar surface area (TPSA) is 47.0 Å². The molecule has 0 aliphatic rings. The zero-order valence-corrected chi connectivity index (χ0v) is 12.3. The van der Waals surface area contributed by atoms with Crippen LogP contribution in [0.4, 0.5) is 5.82 Å². The van der Waals surface area contributed by atoms with Crippen molar-refractivity contribution in [3.63, 3.8) is 0 Å². The fourth-order valence-corrected chi connectivity index (χ4v) is 1.99. The third-order valence-electron chi connectivity index (χ3n) is 3.19.